The lowest BCUT2D eigenvalue weighted by Crippen LogP contribution is -2.27. The maximum absolute atomic E-state index is 11.9. The van der Waals surface area contributed by atoms with E-state index in [2.05, 4.69) is 15.9 Å². The van der Waals surface area contributed by atoms with Crippen LogP contribution in [0.3, 0.4) is 0 Å². The van der Waals surface area contributed by atoms with Crippen LogP contribution in [-0.2, 0) is 13.8 Å². The molecule has 8 heteroatoms. The average Bonchev–Trinajstić information content (AvgIpc) is 2.71. The molecule has 1 unspecified atom stereocenters. The zero-order chi connectivity index (χ0) is 14.2. The molecule has 1 aliphatic rings. The van der Waals surface area contributed by atoms with Crippen molar-refractivity contribution in [2.45, 2.75) is 11.7 Å². The molecule has 0 aromatic heterocycles. The highest BCUT2D eigenvalue weighted by Crippen LogP contribution is 2.35. The van der Waals surface area contributed by atoms with Gasteiger partial charge in [-0.15, -0.1) is 0 Å². The number of carbonyl (C=O) groups excluding carboxylic acids is 1. The van der Waals surface area contributed by atoms with Crippen molar-refractivity contribution in [1.82, 2.24) is 0 Å². The largest absolute Gasteiger partial charge is 0.495 e. The lowest BCUT2D eigenvalue weighted by molar-refractivity contribution is -0.117. The van der Waals surface area contributed by atoms with Crippen LogP contribution in [0.25, 0.3) is 0 Å². The van der Waals surface area contributed by atoms with E-state index in [4.69, 9.17) is 15.4 Å². The molecule has 1 aliphatic heterocycles. The Hall–Kier alpha value is -0.790. The molecular weight excluding hydrogens is 358 g/mol. The number of hydrogen-bond acceptors (Lipinski definition) is 4. The first-order valence-corrected chi connectivity index (χ1v) is 8.57. The van der Waals surface area contributed by atoms with Crippen molar-refractivity contribution in [1.29, 1.82) is 0 Å². The Morgan fingerprint density at radius 3 is 2.68 bits per heavy atom. The second kappa shape index (κ2) is 5.30. The number of ether oxygens (including phenoxy) is 1. The third-order valence-electron chi connectivity index (χ3n) is 2.92. The van der Waals surface area contributed by atoms with Crippen LogP contribution in [0.4, 0.5) is 5.69 Å². The van der Waals surface area contributed by atoms with Crippen LogP contribution in [-0.4, -0.2) is 33.2 Å². The Labute approximate surface area is 124 Å². The van der Waals surface area contributed by atoms with E-state index in [0.717, 1.165) is 4.47 Å². The van der Waals surface area contributed by atoms with Gasteiger partial charge in [-0.05, 0) is 18.2 Å². The maximum atomic E-state index is 11.9. The van der Waals surface area contributed by atoms with Crippen molar-refractivity contribution in [2.24, 2.45) is 0 Å². The van der Waals surface area contributed by atoms with Crippen LogP contribution in [0.2, 0.25) is 0 Å². The molecule has 1 saturated heterocycles. The van der Waals surface area contributed by atoms with E-state index in [1.165, 1.54) is 12.0 Å². The summed E-state index contributed by atoms with van der Waals surface area (Å²) in [5.74, 6) is 0.213. The topological polar surface area (TPSA) is 63.7 Å². The van der Waals surface area contributed by atoms with Crippen molar-refractivity contribution in [3.05, 3.63) is 22.7 Å². The fourth-order valence-corrected chi connectivity index (χ4v) is 3.34. The van der Waals surface area contributed by atoms with Crippen LogP contribution < -0.4 is 9.64 Å². The molecule has 0 saturated carbocycles. The van der Waals surface area contributed by atoms with E-state index in [1.807, 2.05) is 0 Å². The van der Waals surface area contributed by atoms with Crippen LogP contribution >= 0.6 is 26.6 Å². The van der Waals surface area contributed by atoms with Gasteiger partial charge in [-0.2, -0.15) is 0 Å². The second-order valence-electron chi connectivity index (χ2n) is 4.12. The van der Waals surface area contributed by atoms with Crippen LogP contribution in [0.5, 0.6) is 5.75 Å². The maximum Gasteiger partial charge on any atom is 0.237 e. The molecule has 1 aromatic rings. The van der Waals surface area contributed by atoms with Crippen molar-refractivity contribution >= 4 is 47.3 Å². The van der Waals surface area contributed by atoms with Crippen LogP contribution in [0, 0.1) is 0 Å². The standard InChI is InChI=1S/C11H11BrClNO4S/c1-18-10-4-7(12)2-3-9(10)14-6-8(5-11(14)15)19(13,16)17/h2-4,8H,5-6H2,1H3. The molecular formula is C11H11BrClNO4S. The third-order valence-corrected chi connectivity index (χ3v) is 5.28. The number of carbonyl (C=O) groups is 1. The smallest absolute Gasteiger partial charge is 0.237 e. The molecule has 5 nitrogen and oxygen atoms in total. The van der Waals surface area contributed by atoms with E-state index in [1.54, 1.807) is 18.2 Å². The number of halogens is 2. The van der Waals surface area contributed by atoms with Crippen molar-refractivity contribution < 1.29 is 17.9 Å². The van der Waals surface area contributed by atoms with Gasteiger partial charge in [0.2, 0.25) is 15.0 Å². The number of hydrogen-bond donors (Lipinski definition) is 0. The van der Waals surface area contributed by atoms with Gasteiger partial charge in [0, 0.05) is 28.1 Å². The number of amides is 1. The Kier molecular flexibility index (Phi) is 4.08. The van der Waals surface area contributed by atoms with Crippen LogP contribution in [0.1, 0.15) is 6.42 Å². The average molecular weight is 369 g/mol. The van der Waals surface area contributed by atoms with Crippen molar-refractivity contribution in [3.63, 3.8) is 0 Å². The molecule has 2 rings (SSSR count). The van der Waals surface area contributed by atoms with Gasteiger partial charge >= 0.3 is 0 Å². The number of nitrogens with zero attached hydrogens (tertiary/aromatic N) is 1. The second-order valence-corrected chi connectivity index (χ2v) is 7.95. The number of benzene rings is 1. The molecule has 0 N–H and O–H groups in total. The Morgan fingerprint density at radius 1 is 1.47 bits per heavy atom. The third kappa shape index (κ3) is 3.04. The summed E-state index contributed by atoms with van der Waals surface area (Å²) in [5, 5.41) is -0.880. The summed E-state index contributed by atoms with van der Waals surface area (Å²) in [6.45, 7) is 0.0443. The minimum atomic E-state index is -3.74. The summed E-state index contributed by atoms with van der Waals surface area (Å²) in [6, 6.07) is 5.17. The molecule has 1 amide bonds. The van der Waals surface area contributed by atoms with Gasteiger partial charge in [0.1, 0.15) is 11.0 Å². The molecule has 1 atom stereocenters. The molecule has 1 aromatic carbocycles. The first-order chi connectivity index (χ1) is 8.82. The van der Waals surface area contributed by atoms with E-state index in [9.17, 15) is 13.2 Å². The summed E-state index contributed by atoms with van der Waals surface area (Å²) in [5.41, 5.74) is 0.540. The molecule has 0 bridgehead atoms. The molecule has 0 aliphatic carbocycles. The SMILES string of the molecule is COc1cc(Br)ccc1N1CC(S(=O)(=O)Cl)CC1=O. The number of methoxy groups -OCH3 is 1. The normalized spacial score (nSPS) is 19.8. The van der Waals surface area contributed by atoms with Gasteiger partial charge in [-0.25, -0.2) is 8.42 Å². The van der Waals surface area contributed by atoms with Gasteiger partial charge in [-0.1, -0.05) is 15.9 Å². The molecule has 104 valence electrons. The molecule has 1 heterocycles. The monoisotopic (exact) mass is 367 g/mol. The number of rotatable bonds is 3. The lowest BCUT2D eigenvalue weighted by Gasteiger charge is -2.19. The lowest BCUT2D eigenvalue weighted by atomic mass is 10.2. The van der Waals surface area contributed by atoms with Crippen molar-refractivity contribution in [3.8, 4) is 5.75 Å². The quantitative estimate of drug-likeness (QED) is 0.767. The minimum Gasteiger partial charge on any atom is -0.495 e. The highest BCUT2D eigenvalue weighted by molar-refractivity contribution is 9.10. The fourth-order valence-electron chi connectivity index (χ4n) is 1.97. The van der Waals surface area contributed by atoms with Gasteiger partial charge in [-0.3, -0.25) is 4.79 Å². The highest BCUT2D eigenvalue weighted by Gasteiger charge is 2.38. The summed E-state index contributed by atoms with van der Waals surface area (Å²) in [6.07, 6.45) is -0.106. The highest BCUT2D eigenvalue weighted by atomic mass is 79.9. The Balaban J connectivity index is 2.36. The zero-order valence-electron chi connectivity index (χ0n) is 9.97. The van der Waals surface area contributed by atoms with E-state index in [0.29, 0.717) is 11.4 Å². The summed E-state index contributed by atoms with van der Waals surface area (Å²) in [7, 11) is 3.05. The summed E-state index contributed by atoms with van der Waals surface area (Å²) < 4.78 is 28.6. The van der Waals surface area contributed by atoms with Gasteiger partial charge < -0.3 is 9.64 Å². The van der Waals surface area contributed by atoms with Crippen molar-refractivity contribution in [2.75, 3.05) is 18.6 Å². The van der Waals surface area contributed by atoms with Crippen LogP contribution in [0.15, 0.2) is 22.7 Å². The number of anilines is 1. The van der Waals surface area contributed by atoms with E-state index in [-0.39, 0.29) is 18.9 Å². The van der Waals surface area contributed by atoms with E-state index >= 15 is 0 Å². The van der Waals surface area contributed by atoms with Gasteiger partial charge in [0.15, 0.2) is 0 Å². The van der Waals surface area contributed by atoms with E-state index < -0.39 is 14.3 Å². The first kappa shape index (κ1) is 14.6. The first-order valence-electron chi connectivity index (χ1n) is 5.40. The minimum absolute atomic E-state index is 0.0443. The molecule has 19 heavy (non-hydrogen) atoms. The van der Waals surface area contributed by atoms with Gasteiger partial charge in [0.25, 0.3) is 0 Å². The molecule has 0 spiro atoms. The molecule has 1 fully saturated rings. The fraction of sp³-hybridized carbons (Fsp3) is 0.364. The predicted molar refractivity (Wildman–Crippen MR) is 76.2 cm³/mol. The Bertz CT molecular complexity index is 619. The summed E-state index contributed by atoms with van der Waals surface area (Å²) in [4.78, 5) is 13.3. The molecule has 0 radical (unpaired) electrons. The predicted octanol–water partition coefficient (Wildman–Crippen LogP) is 2.13. The summed E-state index contributed by atoms with van der Waals surface area (Å²) >= 11 is 3.30. The zero-order valence-corrected chi connectivity index (χ0v) is 13.1. The Morgan fingerprint density at radius 2 is 2.16 bits per heavy atom. The van der Waals surface area contributed by atoms with Gasteiger partial charge in [0.05, 0.1) is 12.8 Å².